The minimum atomic E-state index is -4.49. The molecule has 89 heavy (non-hydrogen) atoms. The van der Waals surface area contributed by atoms with E-state index in [4.69, 9.17) is 0 Å². The Labute approximate surface area is 506 Å². The first kappa shape index (κ1) is 60.6. The molecule has 0 saturated carbocycles. The smallest absolute Gasteiger partial charge is 0.416 e. The number of alkyl halides is 6. The third kappa shape index (κ3) is 14.8. The highest BCUT2D eigenvalue weighted by Crippen LogP contribution is 2.38. The lowest BCUT2D eigenvalue weighted by Crippen LogP contribution is -2.06. The van der Waals surface area contributed by atoms with Crippen LogP contribution in [0.25, 0.3) is 102 Å². The van der Waals surface area contributed by atoms with Crippen molar-refractivity contribution in [1.29, 1.82) is 5.26 Å². The summed E-state index contributed by atoms with van der Waals surface area (Å²) in [5, 5.41) is 40.4. The van der Waals surface area contributed by atoms with Crippen LogP contribution in [0.1, 0.15) is 38.9 Å². The Hall–Kier alpha value is -11.5. The maximum Gasteiger partial charge on any atom is 0.416 e. The van der Waals surface area contributed by atoms with Crippen LogP contribution in [0.2, 0.25) is 0 Å². The molecule has 0 radical (unpaired) electrons. The molecular weight excluding hydrogens is 1140 g/mol. The van der Waals surface area contributed by atoms with Crippen molar-refractivity contribution >= 4 is 0 Å². The minimum absolute atomic E-state index is 0.0172. The zero-order valence-corrected chi connectivity index (χ0v) is 47.8. The van der Waals surface area contributed by atoms with Crippen LogP contribution in [0, 0.1) is 39.0 Å². The lowest BCUT2D eigenvalue weighted by molar-refractivity contribution is -0.138. The zero-order valence-electron chi connectivity index (χ0n) is 47.8. The third-order valence-electron chi connectivity index (χ3n) is 13.5. The first-order valence-electron chi connectivity index (χ1n) is 27.4. The molecule has 0 unspecified atom stereocenters. The highest BCUT2D eigenvalue weighted by Gasteiger charge is 2.32. The fraction of sp³-hybridized carbons (Fsp3) is 0.0857. The summed E-state index contributed by atoms with van der Waals surface area (Å²) >= 11 is 0. The molecule has 0 spiro atoms. The van der Waals surface area contributed by atoms with Gasteiger partial charge in [-0.05, 0) is 129 Å². The molecular formula is C70H50F6N10O3. The molecule has 0 bridgehead atoms. The van der Waals surface area contributed by atoms with Crippen LogP contribution in [0.4, 0.5) is 26.3 Å². The molecule has 0 aliphatic heterocycles. The predicted molar refractivity (Wildman–Crippen MR) is 327 cm³/mol. The van der Waals surface area contributed by atoms with Crippen molar-refractivity contribution in [1.82, 2.24) is 44.9 Å². The van der Waals surface area contributed by atoms with Gasteiger partial charge in [-0.2, -0.15) is 31.6 Å². The van der Waals surface area contributed by atoms with Crippen LogP contribution in [0.5, 0.6) is 17.2 Å². The third-order valence-corrected chi connectivity index (χ3v) is 13.5. The van der Waals surface area contributed by atoms with E-state index in [-0.39, 0.29) is 51.7 Å². The number of rotatable bonds is 9. The SMILES string of the molecule is Cc1cc(-c2nc(-c3ccccc3)nc(-c3ccc(C)cc3O)n2)cc(C(F)(F)F)c1.Cc1ccc(-c2nc(-c3ccccc3)nc(-c3cccc(C#N)c3)n2)c(O)c1.Cc1ccc(-c2nc(-c3ccccc3)nc(-c3cccc(C(F)(F)F)c3)n2)c(O)c1. The Kier molecular flexibility index (Phi) is 17.7. The van der Waals surface area contributed by atoms with Crippen molar-refractivity contribution in [3.8, 4) is 126 Å². The van der Waals surface area contributed by atoms with Gasteiger partial charge in [-0.1, -0.05) is 133 Å². The second kappa shape index (κ2) is 26.0. The lowest BCUT2D eigenvalue weighted by Gasteiger charge is -2.12. The monoisotopic (exact) mass is 1190 g/mol. The van der Waals surface area contributed by atoms with Gasteiger partial charge < -0.3 is 15.3 Å². The van der Waals surface area contributed by atoms with Gasteiger partial charge in [-0.3, -0.25) is 0 Å². The van der Waals surface area contributed by atoms with E-state index in [1.54, 1.807) is 104 Å². The molecule has 3 aromatic heterocycles. The summed E-state index contributed by atoms with van der Waals surface area (Å²) in [5.74, 6) is 2.54. The molecule has 0 atom stereocenters. The average Bonchev–Trinajstić information content (AvgIpc) is 1.61. The van der Waals surface area contributed by atoms with Crippen molar-refractivity contribution < 1.29 is 41.7 Å². The molecule has 0 amide bonds. The van der Waals surface area contributed by atoms with E-state index in [1.165, 1.54) is 12.1 Å². The van der Waals surface area contributed by atoms with Gasteiger partial charge in [-0.25, -0.2) is 44.9 Å². The normalized spacial score (nSPS) is 11.2. The maximum atomic E-state index is 13.4. The summed E-state index contributed by atoms with van der Waals surface area (Å²) in [4.78, 5) is 40.3. The van der Waals surface area contributed by atoms with E-state index >= 15 is 0 Å². The first-order valence-corrected chi connectivity index (χ1v) is 27.4. The van der Waals surface area contributed by atoms with Crippen molar-refractivity contribution in [2.75, 3.05) is 0 Å². The second-order valence-corrected chi connectivity index (χ2v) is 20.4. The molecule has 0 aliphatic rings. The van der Waals surface area contributed by atoms with Crippen molar-refractivity contribution in [2.45, 2.75) is 40.0 Å². The fourth-order valence-corrected chi connectivity index (χ4v) is 9.16. The highest BCUT2D eigenvalue weighted by atomic mass is 19.4. The second-order valence-electron chi connectivity index (χ2n) is 20.4. The number of hydrogen-bond acceptors (Lipinski definition) is 13. The zero-order chi connectivity index (χ0) is 63.0. The molecule has 9 aromatic carbocycles. The van der Waals surface area contributed by atoms with Gasteiger partial charge in [0, 0.05) is 33.4 Å². The van der Waals surface area contributed by atoms with Crippen LogP contribution >= 0.6 is 0 Å². The molecule has 3 heterocycles. The minimum Gasteiger partial charge on any atom is -0.507 e. The van der Waals surface area contributed by atoms with Gasteiger partial charge in [0.15, 0.2) is 52.4 Å². The summed E-state index contributed by atoms with van der Waals surface area (Å²) in [6.07, 6.45) is -8.97. The largest absolute Gasteiger partial charge is 0.507 e. The summed E-state index contributed by atoms with van der Waals surface area (Å²) in [6, 6.07) is 61.0. The molecule has 12 rings (SSSR count). The summed E-state index contributed by atoms with van der Waals surface area (Å²) < 4.78 is 79.6. The van der Waals surface area contributed by atoms with E-state index in [1.807, 2.05) is 99.6 Å². The number of aromatic hydroxyl groups is 3. The van der Waals surface area contributed by atoms with Crippen molar-refractivity contribution in [2.24, 2.45) is 0 Å². The quantitative estimate of drug-likeness (QED) is 0.115. The summed E-state index contributed by atoms with van der Waals surface area (Å²) in [7, 11) is 0. The first-order chi connectivity index (χ1) is 42.6. The van der Waals surface area contributed by atoms with Gasteiger partial charge in [0.25, 0.3) is 0 Å². The van der Waals surface area contributed by atoms with Crippen LogP contribution in [0.3, 0.4) is 0 Å². The van der Waals surface area contributed by atoms with E-state index < -0.39 is 23.5 Å². The average molecular weight is 1190 g/mol. The molecule has 3 N–H and O–H groups in total. The highest BCUT2D eigenvalue weighted by molar-refractivity contribution is 5.74. The molecule has 0 saturated heterocycles. The Morgan fingerprint density at radius 3 is 0.966 bits per heavy atom. The Balaban J connectivity index is 0.000000147. The lowest BCUT2D eigenvalue weighted by atomic mass is 10.0. The van der Waals surface area contributed by atoms with Crippen LogP contribution < -0.4 is 0 Å². The van der Waals surface area contributed by atoms with E-state index in [9.17, 15) is 46.9 Å². The van der Waals surface area contributed by atoms with Gasteiger partial charge in [-0.15, -0.1) is 0 Å². The number of phenols is 3. The van der Waals surface area contributed by atoms with E-state index in [0.717, 1.165) is 46.5 Å². The summed E-state index contributed by atoms with van der Waals surface area (Å²) in [5.41, 5.74) is 6.67. The fourth-order valence-electron chi connectivity index (χ4n) is 9.16. The molecule has 440 valence electrons. The van der Waals surface area contributed by atoms with E-state index in [2.05, 4.69) is 50.9 Å². The number of nitrogens with zero attached hydrogens (tertiary/aromatic N) is 10. The topological polar surface area (TPSA) is 200 Å². The maximum absolute atomic E-state index is 13.4. The number of nitriles is 1. The molecule has 19 heteroatoms. The molecule has 0 fully saturated rings. The van der Waals surface area contributed by atoms with Crippen molar-refractivity contribution in [3.05, 3.63) is 251 Å². The Bertz CT molecular complexity index is 4590. The van der Waals surface area contributed by atoms with Gasteiger partial charge >= 0.3 is 12.4 Å². The number of halogens is 6. The Morgan fingerprint density at radius 2 is 0.607 bits per heavy atom. The van der Waals surface area contributed by atoms with Crippen LogP contribution in [-0.4, -0.2) is 60.2 Å². The molecule has 0 aliphatic carbocycles. The standard InChI is InChI=1S/C24H18F3N3O.C23H16F3N3O.C23H16N4O/c1-14-8-9-19(20(31)12-14)23-29-21(16-6-4-3-5-7-16)28-22(30-23)17-10-15(2)11-18(13-17)24(25,26)27;1-14-10-11-18(19(30)12-14)22-28-20(15-6-3-2-4-7-15)27-21(29-22)16-8-5-9-17(13-16)23(24,25)26;1-15-10-11-19(20(28)12-15)23-26-21(17-7-3-2-4-8-17)25-22(27-23)18-9-5-6-16(13-18)14-24/h3-13,31H,1-2H3;2-13,30H,1H3;2-13,28H,1H3. The van der Waals surface area contributed by atoms with Crippen LogP contribution in [0.15, 0.2) is 212 Å². The predicted octanol–water partition coefficient (Wildman–Crippen LogP) is 16.9. The Morgan fingerprint density at radius 1 is 0.292 bits per heavy atom. The number of benzene rings is 9. The number of aryl methyl sites for hydroxylation is 4. The number of phenolic OH excluding ortho intramolecular Hbond substituents is 3. The van der Waals surface area contributed by atoms with Gasteiger partial charge in [0.1, 0.15) is 17.2 Å². The van der Waals surface area contributed by atoms with Gasteiger partial charge in [0.05, 0.1) is 39.4 Å². The number of aromatic nitrogens is 9. The van der Waals surface area contributed by atoms with E-state index in [0.29, 0.717) is 73.6 Å². The van der Waals surface area contributed by atoms with Gasteiger partial charge in [0.2, 0.25) is 0 Å². The van der Waals surface area contributed by atoms with Crippen molar-refractivity contribution in [3.63, 3.8) is 0 Å². The summed E-state index contributed by atoms with van der Waals surface area (Å²) in [6.45, 7) is 7.17. The molecule has 12 aromatic rings. The molecule has 13 nitrogen and oxygen atoms in total. The van der Waals surface area contributed by atoms with Crippen LogP contribution in [-0.2, 0) is 12.4 Å². The number of hydrogen-bond donors (Lipinski definition) is 3.